The Labute approximate surface area is 234 Å². The molecular weight excluding hydrogens is 535 g/mol. The van der Waals surface area contributed by atoms with Crippen LogP contribution in [-0.4, -0.2) is 89.6 Å². The Hall–Kier alpha value is -3.09. The highest BCUT2D eigenvalue weighted by atomic mass is 32.2. The highest BCUT2D eigenvalue weighted by Crippen LogP contribution is 2.39. The highest BCUT2D eigenvalue weighted by molar-refractivity contribution is 7.90. The number of anilines is 4. The summed E-state index contributed by atoms with van der Waals surface area (Å²) in [6.45, 7) is 6.59. The molecule has 216 valence electrons. The lowest BCUT2D eigenvalue weighted by atomic mass is 9.88. The van der Waals surface area contributed by atoms with Gasteiger partial charge in [0.2, 0.25) is 5.95 Å². The number of piperidine rings is 1. The first-order valence-electron chi connectivity index (χ1n) is 13.6. The van der Waals surface area contributed by atoms with E-state index < -0.39 is 21.6 Å². The summed E-state index contributed by atoms with van der Waals surface area (Å²) >= 11 is 0. The topological polar surface area (TPSA) is 132 Å². The number of sulfone groups is 1. The number of aromatic nitrogens is 3. The maximum absolute atomic E-state index is 14.4. The third-order valence-corrected chi connectivity index (χ3v) is 9.31. The van der Waals surface area contributed by atoms with E-state index in [1.165, 1.54) is 13.2 Å². The number of fused-ring (bicyclic) bond motifs is 1. The number of hydrogen-bond acceptors (Lipinski definition) is 10. The predicted molar refractivity (Wildman–Crippen MR) is 155 cm³/mol. The number of pyridine rings is 1. The SMILES string of the molecule is C[C@@H]1[C@@H](CS(C)(=O)=O)CN1c1ccc([C@@H](C)CO)c2cc(Nc3ccnc(N4CC[C@@](C)(O)[C@@H](F)C4)n3)ncc12. The largest absolute Gasteiger partial charge is 0.396 e. The first-order valence-corrected chi connectivity index (χ1v) is 15.6. The van der Waals surface area contributed by atoms with Gasteiger partial charge in [0.1, 0.15) is 27.6 Å². The van der Waals surface area contributed by atoms with Crippen LogP contribution in [0.15, 0.2) is 36.7 Å². The van der Waals surface area contributed by atoms with Crippen LogP contribution in [0.3, 0.4) is 0 Å². The fourth-order valence-corrected chi connectivity index (χ4v) is 6.72. The van der Waals surface area contributed by atoms with E-state index in [2.05, 4.69) is 25.2 Å². The van der Waals surface area contributed by atoms with Gasteiger partial charge < -0.3 is 25.3 Å². The number of benzene rings is 1. The van der Waals surface area contributed by atoms with Crippen molar-refractivity contribution in [1.29, 1.82) is 0 Å². The lowest BCUT2D eigenvalue weighted by Crippen LogP contribution is -2.57. The molecule has 0 radical (unpaired) electrons. The third-order valence-electron chi connectivity index (χ3n) is 8.27. The molecule has 12 heteroatoms. The zero-order valence-electron chi connectivity index (χ0n) is 23.2. The molecule has 0 unspecified atom stereocenters. The number of nitrogens with zero attached hydrogens (tertiary/aromatic N) is 5. The van der Waals surface area contributed by atoms with Crippen LogP contribution in [0.5, 0.6) is 0 Å². The second-order valence-electron chi connectivity index (χ2n) is 11.5. The smallest absolute Gasteiger partial charge is 0.227 e. The number of aliphatic hydroxyl groups excluding tert-OH is 1. The van der Waals surface area contributed by atoms with Gasteiger partial charge in [0, 0.05) is 67.3 Å². The highest BCUT2D eigenvalue weighted by Gasteiger charge is 2.39. The average Bonchev–Trinajstić information content (AvgIpc) is 2.91. The summed E-state index contributed by atoms with van der Waals surface area (Å²) < 4.78 is 38.1. The van der Waals surface area contributed by atoms with Gasteiger partial charge in [-0.25, -0.2) is 22.8 Å². The molecule has 5 atom stereocenters. The van der Waals surface area contributed by atoms with Crippen molar-refractivity contribution in [2.75, 3.05) is 53.4 Å². The third kappa shape index (κ3) is 5.70. The quantitative estimate of drug-likeness (QED) is 0.370. The van der Waals surface area contributed by atoms with E-state index in [-0.39, 0.29) is 43.2 Å². The van der Waals surface area contributed by atoms with Crippen LogP contribution >= 0.6 is 0 Å². The second kappa shape index (κ2) is 10.7. The Balaban J connectivity index is 1.42. The fourth-order valence-electron chi connectivity index (χ4n) is 5.56. The summed E-state index contributed by atoms with van der Waals surface area (Å²) in [5.41, 5.74) is 0.600. The van der Waals surface area contributed by atoms with Crippen molar-refractivity contribution < 1.29 is 23.0 Å². The molecule has 3 N–H and O–H groups in total. The van der Waals surface area contributed by atoms with Crippen LogP contribution < -0.4 is 15.1 Å². The van der Waals surface area contributed by atoms with Gasteiger partial charge in [-0.1, -0.05) is 13.0 Å². The van der Waals surface area contributed by atoms with Crippen LogP contribution in [-0.2, 0) is 9.84 Å². The Morgan fingerprint density at radius 1 is 1.20 bits per heavy atom. The Kier molecular flexibility index (Phi) is 7.62. The molecule has 0 saturated carbocycles. The van der Waals surface area contributed by atoms with Gasteiger partial charge in [0.15, 0.2) is 0 Å². The summed E-state index contributed by atoms with van der Waals surface area (Å²) in [5, 5.41) is 25.2. The molecule has 2 aliphatic rings. The minimum absolute atomic E-state index is 0.00975. The Morgan fingerprint density at radius 3 is 2.65 bits per heavy atom. The van der Waals surface area contributed by atoms with Crippen molar-refractivity contribution in [2.45, 2.75) is 50.9 Å². The van der Waals surface area contributed by atoms with Gasteiger partial charge in [0.25, 0.3) is 0 Å². The van der Waals surface area contributed by atoms with Gasteiger partial charge in [-0.2, -0.15) is 4.98 Å². The zero-order valence-corrected chi connectivity index (χ0v) is 24.1. The van der Waals surface area contributed by atoms with Crippen molar-refractivity contribution in [3.8, 4) is 0 Å². The molecule has 4 heterocycles. The minimum atomic E-state index is -3.06. The maximum atomic E-state index is 14.4. The van der Waals surface area contributed by atoms with Crippen molar-refractivity contribution in [2.24, 2.45) is 5.92 Å². The molecule has 3 aromatic rings. The molecule has 0 aliphatic carbocycles. The number of rotatable bonds is 8. The average molecular weight is 573 g/mol. The van der Waals surface area contributed by atoms with Crippen LogP contribution in [0.4, 0.5) is 27.7 Å². The minimum Gasteiger partial charge on any atom is -0.396 e. The molecule has 2 saturated heterocycles. The van der Waals surface area contributed by atoms with E-state index in [4.69, 9.17) is 0 Å². The van der Waals surface area contributed by atoms with E-state index in [9.17, 15) is 23.0 Å². The standard InChI is InChI=1S/C28H37FN6O4S/c1-17(15-36)20-5-6-23(35-13-19(18(35)2)16-40(4,38)39)22-12-31-26(11-21(20)22)32-25-7-9-30-27(33-25)34-10-8-28(3,37)24(29)14-34/h5-7,9,11-12,17-19,24,36-37H,8,10,13-16H2,1-4H3,(H,30,31,32,33)/t17-,18+,19+,24-,28+/m0/s1. The van der Waals surface area contributed by atoms with Crippen LogP contribution in [0.1, 0.15) is 38.7 Å². The Bertz CT molecular complexity index is 1500. The summed E-state index contributed by atoms with van der Waals surface area (Å²) in [4.78, 5) is 17.4. The number of alkyl halides is 1. The summed E-state index contributed by atoms with van der Waals surface area (Å²) in [6, 6.07) is 7.74. The molecule has 2 aliphatic heterocycles. The fraction of sp³-hybridized carbons (Fsp3) is 0.536. The first-order chi connectivity index (χ1) is 18.9. The molecule has 0 spiro atoms. The van der Waals surface area contributed by atoms with Gasteiger partial charge in [-0.3, -0.25) is 0 Å². The summed E-state index contributed by atoms with van der Waals surface area (Å²) in [5.74, 6) is 1.55. The van der Waals surface area contributed by atoms with E-state index >= 15 is 0 Å². The lowest BCUT2D eigenvalue weighted by molar-refractivity contribution is -0.0332. The van der Waals surface area contributed by atoms with Gasteiger partial charge >= 0.3 is 0 Å². The van der Waals surface area contributed by atoms with E-state index in [0.29, 0.717) is 30.7 Å². The van der Waals surface area contributed by atoms with E-state index in [1.807, 2.05) is 32.0 Å². The van der Waals surface area contributed by atoms with Gasteiger partial charge in [-0.05, 0) is 49.4 Å². The summed E-state index contributed by atoms with van der Waals surface area (Å²) in [6.07, 6.45) is 3.54. The van der Waals surface area contributed by atoms with Crippen molar-refractivity contribution in [3.05, 3.63) is 42.2 Å². The van der Waals surface area contributed by atoms with E-state index in [1.54, 1.807) is 23.4 Å². The first kappa shape index (κ1) is 28.4. The predicted octanol–water partition coefficient (Wildman–Crippen LogP) is 3.03. The second-order valence-corrected chi connectivity index (χ2v) is 13.7. The number of hydrogen-bond donors (Lipinski definition) is 3. The lowest BCUT2D eigenvalue weighted by Gasteiger charge is -2.48. The number of halogens is 1. The van der Waals surface area contributed by atoms with Crippen molar-refractivity contribution in [1.82, 2.24) is 15.0 Å². The molecular formula is C28H37FN6O4S. The van der Waals surface area contributed by atoms with Crippen LogP contribution in [0.2, 0.25) is 0 Å². The van der Waals surface area contributed by atoms with Crippen LogP contribution in [0, 0.1) is 5.92 Å². The molecule has 0 bridgehead atoms. The molecule has 2 fully saturated rings. The number of aliphatic hydroxyl groups is 2. The maximum Gasteiger partial charge on any atom is 0.227 e. The molecule has 40 heavy (non-hydrogen) atoms. The van der Waals surface area contributed by atoms with Gasteiger partial charge in [-0.15, -0.1) is 0 Å². The molecule has 0 amide bonds. The van der Waals surface area contributed by atoms with Crippen molar-refractivity contribution in [3.63, 3.8) is 0 Å². The van der Waals surface area contributed by atoms with Gasteiger partial charge in [0.05, 0.1) is 17.9 Å². The Morgan fingerprint density at radius 2 is 1.98 bits per heavy atom. The molecule has 2 aromatic heterocycles. The molecule has 1 aromatic carbocycles. The van der Waals surface area contributed by atoms with Crippen molar-refractivity contribution >= 4 is 43.9 Å². The zero-order chi connectivity index (χ0) is 28.8. The van der Waals surface area contributed by atoms with E-state index in [0.717, 1.165) is 22.0 Å². The number of nitrogens with one attached hydrogen (secondary N) is 1. The monoisotopic (exact) mass is 572 g/mol. The molecule has 10 nitrogen and oxygen atoms in total. The van der Waals surface area contributed by atoms with Crippen LogP contribution in [0.25, 0.3) is 10.8 Å². The normalized spacial score (nSPS) is 26.0. The summed E-state index contributed by atoms with van der Waals surface area (Å²) in [7, 11) is -3.06. The molecule has 5 rings (SSSR count).